The second-order valence-electron chi connectivity index (χ2n) is 5.61. The van der Waals surface area contributed by atoms with E-state index in [2.05, 4.69) is 0 Å². The first-order valence-corrected chi connectivity index (χ1v) is 7.67. The maximum Gasteiger partial charge on any atom is 0.420 e. The number of carbonyl (C=O) groups excluding carboxylic acids is 1. The molecule has 1 N–H and O–H groups in total. The van der Waals surface area contributed by atoms with Crippen molar-refractivity contribution in [2.45, 2.75) is 19.5 Å². The third kappa shape index (κ3) is 2.80. The molecule has 0 fully saturated rings. The highest BCUT2D eigenvalue weighted by Gasteiger charge is 2.36. The average molecular weight is 359 g/mol. The molecule has 0 aliphatic heterocycles. The smallest absolute Gasteiger partial charge is 0.420 e. The van der Waals surface area contributed by atoms with Crippen LogP contribution in [-0.2, 0) is 12.6 Å². The van der Waals surface area contributed by atoms with Crippen LogP contribution in [-0.4, -0.2) is 10.9 Å². The Morgan fingerprint density at radius 1 is 1.27 bits per heavy atom. The minimum Gasteiger partial charge on any atom is -0.506 e. The summed E-state index contributed by atoms with van der Waals surface area (Å²) in [6, 6.07) is 9.70. The minimum atomic E-state index is -4.90. The van der Waals surface area contributed by atoms with E-state index in [1.165, 1.54) is 6.07 Å². The van der Waals surface area contributed by atoms with Crippen molar-refractivity contribution in [2.24, 2.45) is 0 Å². The standard InChI is InChI=1S/C19H12F3NO3/c1-2-14-16(12-5-3-4-6-15(12)26-14)18(25)10-7-11(9-23)17(24)13(8-10)19(20,21)22/h3-8,24H,2H2,1H3. The number of benzene rings is 2. The highest BCUT2D eigenvalue weighted by molar-refractivity contribution is 6.17. The molecule has 3 aromatic rings. The van der Waals surface area contributed by atoms with Gasteiger partial charge in [-0.3, -0.25) is 4.79 Å². The second-order valence-corrected chi connectivity index (χ2v) is 5.61. The number of aromatic hydroxyl groups is 1. The molecule has 0 aliphatic rings. The number of halogens is 3. The number of fused-ring (bicyclic) bond motifs is 1. The number of ketones is 1. The fraction of sp³-hybridized carbons (Fsp3) is 0.158. The summed E-state index contributed by atoms with van der Waals surface area (Å²) in [5, 5.41) is 19.2. The molecule has 0 saturated heterocycles. The van der Waals surface area contributed by atoms with Gasteiger partial charge in [0.25, 0.3) is 0 Å². The van der Waals surface area contributed by atoms with Crippen LogP contribution in [0.3, 0.4) is 0 Å². The molecule has 2 aromatic carbocycles. The van der Waals surface area contributed by atoms with Gasteiger partial charge >= 0.3 is 6.18 Å². The molecule has 3 rings (SSSR count). The largest absolute Gasteiger partial charge is 0.506 e. The van der Waals surface area contributed by atoms with E-state index in [0.717, 1.165) is 6.07 Å². The molecular weight excluding hydrogens is 347 g/mol. The second kappa shape index (κ2) is 6.23. The van der Waals surface area contributed by atoms with E-state index in [-0.39, 0.29) is 11.1 Å². The number of para-hydroxylation sites is 1. The van der Waals surface area contributed by atoms with Gasteiger partial charge in [-0.2, -0.15) is 18.4 Å². The number of phenols is 1. The number of hydrogen-bond acceptors (Lipinski definition) is 4. The van der Waals surface area contributed by atoms with Gasteiger partial charge in [0.05, 0.1) is 16.7 Å². The van der Waals surface area contributed by atoms with Crippen molar-refractivity contribution in [2.75, 3.05) is 0 Å². The molecule has 26 heavy (non-hydrogen) atoms. The Morgan fingerprint density at radius 3 is 2.58 bits per heavy atom. The van der Waals surface area contributed by atoms with Crippen molar-refractivity contribution in [3.63, 3.8) is 0 Å². The van der Waals surface area contributed by atoms with E-state index in [9.17, 15) is 23.1 Å². The van der Waals surface area contributed by atoms with Gasteiger partial charge in [0.1, 0.15) is 23.2 Å². The number of phenolic OH excluding ortho intramolecular Hbond substituents is 1. The van der Waals surface area contributed by atoms with Gasteiger partial charge in [-0.15, -0.1) is 0 Å². The Bertz CT molecular complexity index is 1060. The number of hydrogen-bond donors (Lipinski definition) is 1. The van der Waals surface area contributed by atoms with E-state index in [0.29, 0.717) is 29.2 Å². The molecule has 1 heterocycles. The molecule has 0 amide bonds. The number of furan rings is 1. The Kier molecular flexibility index (Phi) is 4.20. The van der Waals surface area contributed by atoms with Gasteiger partial charge < -0.3 is 9.52 Å². The molecule has 7 heteroatoms. The third-order valence-corrected chi connectivity index (χ3v) is 4.01. The Labute approximate surface area is 146 Å². The van der Waals surface area contributed by atoms with Crippen molar-refractivity contribution in [1.29, 1.82) is 5.26 Å². The summed E-state index contributed by atoms with van der Waals surface area (Å²) in [7, 11) is 0. The van der Waals surface area contributed by atoms with Gasteiger partial charge in [0.15, 0.2) is 5.78 Å². The normalized spacial score (nSPS) is 11.5. The number of carbonyl (C=O) groups is 1. The lowest BCUT2D eigenvalue weighted by Crippen LogP contribution is -2.10. The third-order valence-electron chi connectivity index (χ3n) is 4.01. The fourth-order valence-corrected chi connectivity index (χ4v) is 2.81. The van der Waals surface area contributed by atoms with Crippen molar-refractivity contribution in [3.8, 4) is 11.8 Å². The van der Waals surface area contributed by atoms with E-state index >= 15 is 0 Å². The summed E-state index contributed by atoms with van der Waals surface area (Å²) in [5.74, 6) is -1.55. The van der Waals surface area contributed by atoms with Crippen LogP contribution in [0.15, 0.2) is 40.8 Å². The summed E-state index contributed by atoms with van der Waals surface area (Å²) in [4.78, 5) is 12.9. The van der Waals surface area contributed by atoms with Crippen LogP contribution in [0.5, 0.6) is 5.75 Å². The van der Waals surface area contributed by atoms with Crippen LogP contribution >= 0.6 is 0 Å². The Hall–Kier alpha value is -3.27. The summed E-state index contributed by atoms with van der Waals surface area (Å²) in [6.07, 6.45) is -4.54. The first-order chi connectivity index (χ1) is 12.3. The molecule has 0 saturated carbocycles. The average Bonchev–Trinajstić information content (AvgIpc) is 2.98. The lowest BCUT2D eigenvalue weighted by atomic mass is 9.95. The highest BCUT2D eigenvalue weighted by atomic mass is 19.4. The quantitative estimate of drug-likeness (QED) is 0.680. The monoisotopic (exact) mass is 359 g/mol. The van der Waals surface area contributed by atoms with Gasteiger partial charge in [-0.1, -0.05) is 25.1 Å². The van der Waals surface area contributed by atoms with Crippen molar-refractivity contribution >= 4 is 16.8 Å². The molecule has 4 nitrogen and oxygen atoms in total. The molecule has 0 radical (unpaired) electrons. The van der Waals surface area contributed by atoms with Crippen LogP contribution in [0.2, 0.25) is 0 Å². The van der Waals surface area contributed by atoms with Crippen molar-refractivity contribution < 1.29 is 27.5 Å². The first kappa shape index (κ1) is 17.5. The van der Waals surface area contributed by atoms with Crippen LogP contribution in [0.4, 0.5) is 13.2 Å². The van der Waals surface area contributed by atoms with Gasteiger partial charge in [-0.25, -0.2) is 0 Å². The summed E-state index contributed by atoms with van der Waals surface area (Å²) in [6.45, 7) is 1.76. The molecule has 0 atom stereocenters. The van der Waals surface area contributed by atoms with Crippen LogP contribution in [0.25, 0.3) is 11.0 Å². The minimum absolute atomic E-state index is 0.158. The van der Waals surface area contributed by atoms with E-state index in [1.54, 1.807) is 31.2 Å². The molecule has 1 aromatic heterocycles. The fourth-order valence-electron chi connectivity index (χ4n) is 2.81. The van der Waals surface area contributed by atoms with E-state index in [4.69, 9.17) is 9.68 Å². The number of nitrogens with zero attached hydrogens (tertiary/aromatic N) is 1. The van der Waals surface area contributed by atoms with Crippen LogP contribution in [0.1, 0.15) is 39.7 Å². The Morgan fingerprint density at radius 2 is 1.96 bits per heavy atom. The van der Waals surface area contributed by atoms with Gasteiger partial charge in [0, 0.05) is 17.4 Å². The predicted octanol–water partition coefficient (Wildman–Crippen LogP) is 4.82. The lowest BCUT2D eigenvalue weighted by molar-refractivity contribution is -0.138. The van der Waals surface area contributed by atoms with Crippen LogP contribution < -0.4 is 0 Å². The molecule has 0 aliphatic carbocycles. The summed E-state index contributed by atoms with van der Waals surface area (Å²) in [5.41, 5.74) is -1.78. The molecular formula is C19H12F3NO3. The number of nitriles is 1. The maximum atomic E-state index is 13.2. The molecule has 0 bridgehead atoms. The van der Waals surface area contributed by atoms with Crippen molar-refractivity contribution in [3.05, 3.63) is 64.4 Å². The maximum absolute atomic E-state index is 13.2. The number of alkyl halides is 3. The summed E-state index contributed by atoms with van der Waals surface area (Å²) < 4.78 is 45.1. The topological polar surface area (TPSA) is 74.2 Å². The predicted molar refractivity (Wildman–Crippen MR) is 86.8 cm³/mol. The molecule has 0 spiro atoms. The Balaban J connectivity index is 2.25. The molecule has 132 valence electrons. The van der Waals surface area contributed by atoms with E-state index < -0.39 is 28.8 Å². The summed E-state index contributed by atoms with van der Waals surface area (Å²) >= 11 is 0. The highest BCUT2D eigenvalue weighted by Crippen LogP contribution is 2.39. The number of rotatable bonds is 3. The van der Waals surface area contributed by atoms with Crippen LogP contribution in [0, 0.1) is 11.3 Å². The first-order valence-electron chi connectivity index (χ1n) is 7.67. The van der Waals surface area contributed by atoms with Gasteiger partial charge in [0.2, 0.25) is 0 Å². The van der Waals surface area contributed by atoms with Crippen molar-refractivity contribution in [1.82, 2.24) is 0 Å². The lowest BCUT2D eigenvalue weighted by Gasteiger charge is -2.12. The number of aryl methyl sites for hydroxylation is 1. The SMILES string of the molecule is CCc1oc2ccccc2c1C(=O)c1cc(C#N)c(O)c(C(F)(F)F)c1. The zero-order chi connectivity index (χ0) is 19.1. The van der Waals surface area contributed by atoms with E-state index in [1.807, 2.05) is 0 Å². The molecule has 0 unspecified atom stereocenters. The zero-order valence-electron chi connectivity index (χ0n) is 13.5. The zero-order valence-corrected chi connectivity index (χ0v) is 13.5. The van der Waals surface area contributed by atoms with Gasteiger partial charge in [-0.05, 0) is 18.2 Å².